The van der Waals surface area contributed by atoms with Gasteiger partial charge in [-0.1, -0.05) is 12.1 Å². The van der Waals surface area contributed by atoms with Crippen LogP contribution < -0.4 is 5.32 Å². The molecule has 0 saturated carbocycles. The summed E-state index contributed by atoms with van der Waals surface area (Å²) in [6.07, 6.45) is 0.582. The largest absolute Gasteiger partial charge is 0.508 e. The minimum Gasteiger partial charge on any atom is -0.508 e. The molecule has 1 aromatic rings. The van der Waals surface area contributed by atoms with E-state index < -0.39 is 12.0 Å². The van der Waals surface area contributed by atoms with Crippen molar-refractivity contribution < 1.29 is 15.0 Å². The second-order valence-electron chi connectivity index (χ2n) is 3.83. The fraction of sp³-hybridized carbons (Fsp3) is 0.364. The zero-order valence-electron chi connectivity index (χ0n) is 8.18. The van der Waals surface area contributed by atoms with E-state index in [1.54, 1.807) is 18.2 Å². The average Bonchev–Trinajstić information content (AvgIpc) is 2.66. The first-order valence-corrected chi connectivity index (χ1v) is 4.92. The van der Waals surface area contributed by atoms with Gasteiger partial charge in [-0.05, 0) is 30.0 Å². The van der Waals surface area contributed by atoms with Crippen molar-refractivity contribution in [3.05, 3.63) is 29.8 Å². The molecule has 1 fully saturated rings. The van der Waals surface area contributed by atoms with Crippen LogP contribution in [0.15, 0.2) is 24.3 Å². The highest BCUT2D eigenvalue weighted by atomic mass is 16.4. The Hall–Kier alpha value is -1.55. The lowest BCUT2D eigenvalue weighted by Gasteiger charge is -2.08. The highest BCUT2D eigenvalue weighted by Crippen LogP contribution is 2.27. The van der Waals surface area contributed by atoms with Crippen LogP contribution in [-0.4, -0.2) is 28.8 Å². The van der Waals surface area contributed by atoms with Crippen molar-refractivity contribution in [2.45, 2.75) is 18.4 Å². The lowest BCUT2D eigenvalue weighted by molar-refractivity contribution is -0.139. The topological polar surface area (TPSA) is 69.6 Å². The van der Waals surface area contributed by atoms with Gasteiger partial charge in [-0.2, -0.15) is 0 Å². The molecule has 80 valence electrons. The summed E-state index contributed by atoms with van der Waals surface area (Å²) in [5.41, 5.74) is 0.992. The summed E-state index contributed by atoms with van der Waals surface area (Å²) >= 11 is 0. The molecule has 1 saturated heterocycles. The molecule has 4 nitrogen and oxygen atoms in total. The van der Waals surface area contributed by atoms with Gasteiger partial charge in [0.1, 0.15) is 11.8 Å². The number of nitrogens with one attached hydrogen (secondary N) is 1. The molecule has 2 unspecified atom stereocenters. The van der Waals surface area contributed by atoms with Gasteiger partial charge in [0.15, 0.2) is 0 Å². The van der Waals surface area contributed by atoms with E-state index in [0.29, 0.717) is 13.0 Å². The molecular formula is C11H13NO3. The normalized spacial score (nSPS) is 25.3. The van der Waals surface area contributed by atoms with Gasteiger partial charge < -0.3 is 15.5 Å². The predicted octanol–water partition coefficient (Wildman–Crippen LogP) is 0.922. The van der Waals surface area contributed by atoms with Crippen LogP contribution in [-0.2, 0) is 4.79 Å². The van der Waals surface area contributed by atoms with Crippen LogP contribution in [0, 0.1) is 0 Å². The maximum atomic E-state index is 10.7. The van der Waals surface area contributed by atoms with Crippen LogP contribution in [0.4, 0.5) is 0 Å². The van der Waals surface area contributed by atoms with Crippen LogP contribution >= 0.6 is 0 Å². The third-order valence-corrected chi connectivity index (χ3v) is 2.77. The fourth-order valence-corrected chi connectivity index (χ4v) is 1.96. The maximum Gasteiger partial charge on any atom is 0.320 e. The summed E-state index contributed by atoms with van der Waals surface area (Å²) in [5, 5.41) is 21.1. The Morgan fingerprint density at radius 1 is 1.47 bits per heavy atom. The number of hydrogen-bond donors (Lipinski definition) is 3. The molecule has 15 heavy (non-hydrogen) atoms. The summed E-state index contributed by atoms with van der Waals surface area (Å²) in [5.74, 6) is -0.401. The SMILES string of the molecule is O=C(O)C1CC(c2cccc(O)c2)CN1. The standard InChI is InChI=1S/C11H13NO3/c13-9-3-1-2-7(4-9)8-5-10(11(14)15)12-6-8/h1-4,8,10,12-13H,5-6H2,(H,14,15). The number of aliphatic carboxylic acids is 1. The Balaban J connectivity index is 2.11. The molecule has 1 aliphatic heterocycles. The first-order chi connectivity index (χ1) is 7.16. The van der Waals surface area contributed by atoms with Gasteiger partial charge in [0.25, 0.3) is 0 Å². The van der Waals surface area contributed by atoms with Gasteiger partial charge in [-0.25, -0.2) is 0 Å². The molecule has 0 bridgehead atoms. The monoisotopic (exact) mass is 207 g/mol. The Kier molecular flexibility index (Phi) is 2.60. The predicted molar refractivity (Wildman–Crippen MR) is 54.9 cm³/mol. The van der Waals surface area contributed by atoms with E-state index in [-0.39, 0.29) is 11.7 Å². The summed E-state index contributed by atoms with van der Waals surface area (Å²) < 4.78 is 0. The van der Waals surface area contributed by atoms with Gasteiger partial charge in [-0.15, -0.1) is 0 Å². The Bertz CT molecular complexity index is 378. The molecule has 1 heterocycles. The molecule has 0 aliphatic carbocycles. The third kappa shape index (κ3) is 2.10. The number of phenols is 1. The van der Waals surface area contributed by atoms with Gasteiger partial charge in [0.05, 0.1) is 0 Å². The Labute approximate surface area is 87.6 Å². The minimum absolute atomic E-state index is 0.179. The first-order valence-electron chi connectivity index (χ1n) is 4.92. The molecule has 2 atom stereocenters. The Morgan fingerprint density at radius 2 is 2.27 bits per heavy atom. The highest BCUT2D eigenvalue weighted by molar-refractivity contribution is 5.74. The van der Waals surface area contributed by atoms with Gasteiger partial charge in [0.2, 0.25) is 0 Å². The van der Waals surface area contributed by atoms with Gasteiger partial charge >= 0.3 is 5.97 Å². The van der Waals surface area contributed by atoms with Crippen molar-refractivity contribution in [1.29, 1.82) is 0 Å². The van der Waals surface area contributed by atoms with Crippen molar-refractivity contribution >= 4 is 5.97 Å². The number of phenolic OH excluding ortho intramolecular Hbond substituents is 1. The molecule has 0 aromatic heterocycles. The zero-order chi connectivity index (χ0) is 10.8. The molecule has 0 amide bonds. The van der Waals surface area contributed by atoms with Crippen molar-refractivity contribution in [2.24, 2.45) is 0 Å². The molecule has 0 radical (unpaired) electrons. The van der Waals surface area contributed by atoms with Crippen molar-refractivity contribution in [2.75, 3.05) is 6.54 Å². The maximum absolute atomic E-state index is 10.7. The van der Waals surface area contributed by atoms with Crippen LogP contribution in [0.25, 0.3) is 0 Å². The molecule has 3 N–H and O–H groups in total. The van der Waals surface area contributed by atoms with Crippen LogP contribution in [0.2, 0.25) is 0 Å². The van der Waals surface area contributed by atoms with Crippen LogP contribution in [0.1, 0.15) is 17.9 Å². The lowest BCUT2D eigenvalue weighted by atomic mass is 9.96. The Morgan fingerprint density at radius 3 is 2.87 bits per heavy atom. The number of carboxylic acids is 1. The smallest absolute Gasteiger partial charge is 0.320 e. The average molecular weight is 207 g/mol. The summed E-state index contributed by atoms with van der Waals surface area (Å²) in [7, 11) is 0. The van der Waals surface area contributed by atoms with Crippen LogP contribution in [0.3, 0.4) is 0 Å². The lowest BCUT2D eigenvalue weighted by Crippen LogP contribution is -2.29. The van der Waals surface area contributed by atoms with E-state index in [0.717, 1.165) is 5.56 Å². The second kappa shape index (κ2) is 3.90. The van der Waals surface area contributed by atoms with E-state index in [4.69, 9.17) is 5.11 Å². The molecular weight excluding hydrogens is 194 g/mol. The second-order valence-corrected chi connectivity index (χ2v) is 3.83. The zero-order valence-corrected chi connectivity index (χ0v) is 8.18. The van der Waals surface area contributed by atoms with Crippen LogP contribution in [0.5, 0.6) is 5.75 Å². The van der Waals surface area contributed by atoms with Crippen molar-refractivity contribution in [3.8, 4) is 5.75 Å². The van der Waals surface area contributed by atoms with E-state index >= 15 is 0 Å². The number of carbonyl (C=O) groups is 1. The first kappa shape index (κ1) is 9.98. The summed E-state index contributed by atoms with van der Waals surface area (Å²) in [6, 6.07) is 6.53. The number of benzene rings is 1. The quantitative estimate of drug-likeness (QED) is 0.674. The number of hydrogen-bond acceptors (Lipinski definition) is 3. The summed E-state index contributed by atoms with van der Waals surface area (Å²) in [4.78, 5) is 10.7. The van der Waals surface area contributed by atoms with E-state index in [2.05, 4.69) is 5.32 Å². The molecule has 0 spiro atoms. The van der Waals surface area contributed by atoms with Gasteiger partial charge in [0, 0.05) is 6.54 Å². The highest BCUT2D eigenvalue weighted by Gasteiger charge is 2.29. The minimum atomic E-state index is -0.808. The van der Waals surface area contributed by atoms with E-state index in [1.807, 2.05) is 6.07 Å². The fourth-order valence-electron chi connectivity index (χ4n) is 1.96. The third-order valence-electron chi connectivity index (χ3n) is 2.77. The number of rotatable bonds is 2. The molecule has 1 aromatic carbocycles. The molecule has 1 aliphatic rings. The number of aromatic hydroxyl groups is 1. The summed E-state index contributed by atoms with van der Waals surface area (Å²) in [6.45, 7) is 0.653. The molecule has 4 heteroatoms. The van der Waals surface area contributed by atoms with E-state index in [9.17, 15) is 9.90 Å². The van der Waals surface area contributed by atoms with E-state index in [1.165, 1.54) is 0 Å². The van der Waals surface area contributed by atoms with Crippen molar-refractivity contribution in [1.82, 2.24) is 5.32 Å². The van der Waals surface area contributed by atoms with Gasteiger partial charge in [-0.3, -0.25) is 4.79 Å². The van der Waals surface area contributed by atoms with Crippen molar-refractivity contribution in [3.63, 3.8) is 0 Å². The molecule has 2 rings (SSSR count). The number of carboxylic acid groups (broad SMARTS) is 1.